The lowest BCUT2D eigenvalue weighted by atomic mass is 9.96. The van der Waals surface area contributed by atoms with E-state index >= 15 is 0 Å². The summed E-state index contributed by atoms with van der Waals surface area (Å²) in [7, 11) is 3.25. The van der Waals surface area contributed by atoms with Gasteiger partial charge in [0.1, 0.15) is 0 Å². The molecule has 5 nitrogen and oxygen atoms in total. The number of benzene rings is 1. The molecule has 1 aromatic rings. The largest absolute Gasteiger partial charge is 0.493 e. The lowest BCUT2D eigenvalue weighted by molar-refractivity contribution is -0.00826. The van der Waals surface area contributed by atoms with Crippen LogP contribution in [0.5, 0.6) is 11.5 Å². The van der Waals surface area contributed by atoms with Crippen LogP contribution >= 0.6 is 0 Å². The highest BCUT2D eigenvalue weighted by Gasteiger charge is 2.25. The van der Waals surface area contributed by atoms with E-state index < -0.39 is 0 Å². The summed E-state index contributed by atoms with van der Waals surface area (Å²) < 4.78 is 16.4. The van der Waals surface area contributed by atoms with Gasteiger partial charge in [-0.2, -0.15) is 0 Å². The molecule has 2 atom stereocenters. The Morgan fingerprint density at radius 2 is 2.05 bits per heavy atom. The summed E-state index contributed by atoms with van der Waals surface area (Å²) >= 11 is 0. The van der Waals surface area contributed by atoms with Crippen LogP contribution in [-0.2, 0) is 4.74 Å². The summed E-state index contributed by atoms with van der Waals surface area (Å²) in [6.07, 6.45) is 3.43. The van der Waals surface area contributed by atoms with Crippen molar-refractivity contribution in [2.24, 2.45) is 5.84 Å². The van der Waals surface area contributed by atoms with E-state index in [1.165, 1.54) is 6.42 Å². The minimum Gasteiger partial charge on any atom is -0.493 e. The minimum atomic E-state index is -0.0277. The van der Waals surface area contributed by atoms with E-state index in [0.29, 0.717) is 11.5 Å². The molecule has 0 bridgehead atoms. The Bertz CT molecular complexity index is 406. The van der Waals surface area contributed by atoms with E-state index in [0.717, 1.165) is 25.0 Å². The summed E-state index contributed by atoms with van der Waals surface area (Å²) in [6, 6.07) is 5.80. The fourth-order valence-electron chi connectivity index (χ4n) is 2.49. The smallest absolute Gasteiger partial charge is 0.161 e. The molecule has 1 saturated heterocycles. The molecule has 3 N–H and O–H groups in total. The van der Waals surface area contributed by atoms with Gasteiger partial charge < -0.3 is 14.2 Å². The molecule has 1 heterocycles. The SMILES string of the molecule is COc1ccc(C(NN)C2CCCCO2)cc1OC. The first-order valence-corrected chi connectivity index (χ1v) is 6.59. The predicted octanol–water partition coefficient (Wildman–Crippen LogP) is 1.78. The van der Waals surface area contributed by atoms with E-state index in [9.17, 15) is 0 Å². The molecule has 2 rings (SSSR count). The van der Waals surface area contributed by atoms with Gasteiger partial charge in [0, 0.05) is 6.61 Å². The first-order chi connectivity index (χ1) is 9.30. The van der Waals surface area contributed by atoms with Crippen molar-refractivity contribution >= 4 is 0 Å². The van der Waals surface area contributed by atoms with Crippen LogP contribution in [0, 0.1) is 0 Å². The first kappa shape index (κ1) is 14.1. The maximum Gasteiger partial charge on any atom is 0.161 e. The molecular formula is C14H22N2O3. The monoisotopic (exact) mass is 266 g/mol. The van der Waals surface area contributed by atoms with Crippen molar-refractivity contribution < 1.29 is 14.2 Å². The molecule has 0 amide bonds. The predicted molar refractivity (Wildman–Crippen MR) is 73.2 cm³/mol. The van der Waals surface area contributed by atoms with E-state index in [1.807, 2.05) is 18.2 Å². The summed E-state index contributed by atoms with van der Waals surface area (Å²) in [6.45, 7) is 0.802. The molecule has 1 aliphatic rings. The van der Waals surface area contributed by atoms with Crippen molar-refractivity contribution in [2.45, 2.75) is 31.4 Å². The van der Waals surface area contributed by atoms with E-state index in [4.69, 9.17) is 20.1 Å². The highest BCUT2D eigenvalue weighted by Crippen LogP contribution is 2.33. The fourth-order valence-corrected chi connectivity index (χ4v) is 2.49. The second-order valence-corrected chi connectivity index (χ2v) is 4.66. The van der Waals surface area contributed by atoms with Crippen molar-refractivity contribution in [1.82, 2.24) is 5.43 Å². The Balaban J connectivity index is 2.22. The molecule has 1 aromatic carbocycles. The molecular weight excluding hydrogens is 244 g/mol. The van der Waals surface area contributed by atoms with Crippen LogP contribution < -0.4 is 20.7 Å². The van der Waals surface area contributed by atoms with Gasteiger partial charge in [0.05, 0.1) is 26.4 Å². The Morgan fingerprint density at radius 1 is 1.26 bits per heavy atom. The Labute approximate surface area is 114 Å². The standard InChI is InChI=1S/C14H22N2O3/c1-17-11-7-6-10(9-13(11)18-2)14(16-15)12-5-3-4-8-19-12/h6-7,9,12,14,16H,3-5,8,15H2,1-2H3. The molecule has 0 spiro atoms. The molecule has 0 saturated carbocycles. The molecule has 2 unspecified atom stereocenters. The van der Waals surface area contributed by atoms with Crippen molar-refractivity contribution in [3.05, 3.63) is 23.8 Å². The Morgan fingerprint density at radius 3 is 2.63 bits per heavy atom. The summed E-state index contributed by atoms with van der Waals surface area (Å²) in [4.78, 5) is 0. The van der Waals surface area contributed by atoms with Crippen molar-refractivity contribution in [3.63, 3.8) is 0 Å². The minimum absolute atomic E-state index is 0.0277. The number of hydrogen-bond donors (Lipinski definition) is 2. The Hall–Kier alpha value is -1.30. The van der Waals surface area contributed by atoms with Crippen LogP contribution in [0.1, 0.15) is 30.9 Å². The molecule has 19 heavy (non-hydrogen) atoms. The maximum atomic E-state index is 5.80. The van der Waals surface area contributed by atoms with Crippen LogP contribution in [0.15, 0.2) is 18.2 Å². The van der Waals surface area contributed by atoms with Crippen LogP contribution in [-0.4, -0.2) is 26.9 Å². The number of hydrazine groups is 1. The quantitative estimate of drug-likeness (QED) is 0.628. The molecule has 0 aliphatic carbocycles. The summed E-state index contributed by atoms with van der Waals surface area (Å²) in [5.41, 5.74) is 3.90. The second-order valence-electron chi connectivity index (χ2n) is 4.66. The zero-order valence-corrected chi connectivity index (χ0v) is 11.5. The van der Waals surface area contributed by atoms with Gasteiger partial charge in [-0.1, -0.05) is 6.07 Å². The topological polar surface area (TPSA) is 65.7 Å². The number of methoxy groups -OCH3 is 2. The lowest BCUT2D eigenvalue weighted by Crippen LogP contribution is -2.39. The fraction of sp³-hybridized carbons (Fsp3) is 0.571. The Kier molecular flexibility index (Phi) is 5.01. The lowest BCUT2D eigenvalue weighted by Gasteiger charge is -2.30. The van der Waals surface area contributed by atoms with Crippen molar-refractivity contribution in [1.29, 1.82) is 0 Å². The highest BCUT2D eigenvalue weighted by atomic mass is 16.5. The maximum absolute atomic E-state index is 5.80. The van der Waals surface area contributed by atoms with Gasteiger partial charge in [0.25, 0.3) is 0 Å². The number of nitrogens with one attached hydrogen (secondary N) is 1. The van der Waals surface area contributed by atoms with Gasteiger partial charge in [-0.25, -0.2) is 0 Å². The van der Waals surface area contributed by atoms with Gasteiger partial charge in [0.15, 0.2) is 11.5 Å². The van der Waals surface area contributed by atoms with Gasteiger partial charge in [-0.3, -0.25) is 11.3 Å². The molecule has 1 aliphatic heterocycles. The third-order valence-electron chi connectivity index (χ3n) is 3.53. The van der Waals surface area contributed by atoms with Crippen LogP contribution in [0.3, 0.4) is 0 Å². The van der Waals surface area contributed by atoms with E-state index in [-0.39, 0.29) is 12.1 Å². The zero-order chi connectivity index (χ0) is 13.7. The first-order valence-electron chi connectivity index (χ1n) is 6.59. The van der Waals surface area contributed by atoms with Gasteiger partial charge in [-0.05, 0) is 37.0 Å². The van der Waals surface area contributed by atoms with Crippen LogP contribution in [0.25, 0.3) is 0 Å². The number of ether oxygens (including phenoxy) is 3. The van der Waals surface area contributed by atoms with Crippen LogP contribution in [0.4, 0.5) is 0 Å². The number of hydrogen-bond acceptors (Lipinski definition) is 5. The van der Waals surface area contributed by atoms with Crippen LogP contribution in [0.2, 0.25) is 0 Å². The number of nitrogens with two attached hydrogens (primary N) is 1. The third kappa shape index (κ3) is 3.18. The summed E-state index contributed by atoms with van der Waals surface area (Å²) in [5, 5.41) is 0. The van der Waals surface area contributed by atoms with Gasteiger partial charge >= 0.3 is 0 Å². The molecule has 1 fully saturated rings. The highest BCUT2D eigenvalue weighted by molar-refractivity contribution is 5.44. The van der Waals surface area contributed by atoms with E-state index in [2.05, 4.69) is 5.43 Å². The van der Waals surface area contributed by atoms with Crippen molar-refractivity contribution in [2.75, 3.05) is 20.8 Å². The zero-order valence-electron chi connectivity index (χ0n) is 11.5. The van der Waals surface area contributed by atoms with E-state index in [1.54, 1.807) is 14.2 Å². The second kappa shape index (κ2) is 6.75. The molecule has 0 radical (unpaired) electrons. The average Bonchev–Trinajstić information content (AvgIpc) is 2.49. The normalized spacial score (nSPS) is 20.9. The van der Waals surface area contributed by atoms with Gasteiger partial charge in [0.2, 0.25) is 0 Å². The molecule has 106 valence electrons. The number of rotatable bonds is 5. The third-order valence-corrected chi connectivity index (χ3v) is 3.53. The van der Waals surface area contributed by atoms with Crippen molar-refractivity contribution in [3.8, 4) is 11.5 Å². The van der Waals surface area contributed by atoms with Gasteiger partial charge in [-0.15, -0.1) is 0 Å². The summed E-state index contributed by atoms with van der Waals surface area (Å²) in [5.74, 6) is 7.11. The average molecular weight is 266 g/mol. The molecule has 0 aromatic heterocycles. The molecule has 5 heteroatoms.